The number of nitrogens with zero attached hydrogens (tertiary/aromatic N) is 3. The third-order valence-electron chi connectivity index (χ3n) is 9.26. The van der Waals surface area contributed by atoms with Gasteiger partial charge in [-0.2, -0.15) is 0 Å². The number of nitrogens with two attached hydrogens (primary N) is 1. The van der Waals surface area contributed by atoms with Crippen LogP contribution in [0, 0.1) is 29.0 Å². The largest absolute Gasteiger partial charge is 0.383 e. The minimum absolute atomic E-state index is 0.286. The number of nitrogens with one attached hydrogen (secondary N) is 3. The normalized spacial score (nSPS) is 23.3. The van der Waals surface area contributed by atoms with Crippen LogP contribution in [0.2, 0.25) is 0 Å². The number of aliphatic hydroxyl groups is 1. The van der Waals surface area contributed by atoms with Crippen LogP contribution >= 0.6 is 0 Å². The molecule has 3 fully saturated rings. The van der Waals surface area contributed by atoms with Gasteiger partial charge in [0.1, 0.15) is 29.8 Å². The highest BCUT2D eigenvalue weighted by Crippen LogP contribution is 2.50. The lowest BCUT2D eigenvalue weighted by atomic mass is 10.0. The molecular weight excluding hydrogens is 521 g/mol. The number of halogens is 1. The molecule has 3 aliphatic rings. The standard InChI is InChI=1S/C31H34FN7O2/c32-22-3-7-24(8-4-22)38-30(41)31(9-10-31)29(40)37-23-5-1-19(2-6-23)25-16-39(28-26(25)27(33)35-17-36-28)15-18-11-20-13-34-14-21(20)12-18/h1-8,16-18,20-21,29,34,37,40H,9-15H2,(H,38,41)(H2,33,35,36). The first kappa shape index (κ1) is 25.9. The monoisotopic (exact) mass is 555 g/mol. The van der Waals surface area contributed by atoms with E-state index >= 15 is 0 Å². The van der Waals surface area contributed by atoms with Gasteiger partial charge in [0.25, 0.3) is 0 Å². The van der Waals surface area contributed by atoms with Gasteiger partial charge in [-0.3, -0.25) is 4.79 Å². The second-order valence-electron chi connectivity index (χ2n) is 11.9. The van der Waals surface area contributed by atoms with Crippen molar-refractivity contribution < 1.29 is 14.3 Å². The highest BCUT2D eigenvalue weighted by Gasteiger charge is 2.55. The Labute approximate surface area is 237 Å². The summed E-state index contributed by atoms with van der Waals surface area (Å²) in [6, 6.07) is 13.3. The molecule has 9 nitrogen and oxygen atoms in total. The molecule has 3 unspecified atom stereocenters. The maximum atomic E-state index is 13.2. The molecule has 0 spiro atoms. The number of amides is 1. The summed E-state index contributed by atoms with van der Waals surface area (Å²) in [5.41, 5.74) is 9.41. The van der Waals surface area contributed by atoms with Gasteiger partial charge in [0.2, 0.25) is 5.91 Å². The van der Waals surface area contributed by atoms with Crippen molar-refractivity contribution in [2.24, 2.45) is 23.2 Å². The Hall–Kier alpha value is -4.02. The number of fused-ring (bicyclic) bond motifs is 2. The van der Waals surface area contributed by atoms with Crippen LogP contribution < -0.4 is 21.7 Å². The number of anilines is 3. The number of aromatic nitrogens is 3. The summed E-state index contributed by atoms with van der Waals surface area (Å²) in [6.45, 7) is 3.17. The zero-order valence-electron chi connectivity index (χ0n) is 22.7. The molecule has 2 aliphatic carbocycles. The second-order valence-corrected chi connectivity index (χ2v) is 11.9. The average Bonchev–Trinajstić information content (AvgIpc) is 3.34. The van der Waals surface area contributed by atoms with E-state index in [1.165, 1.54) is 43.4 Å². The topological polar surface area (TPSA) is 130 Å². The quantitative estimate of drug-likeness (QED) is 0.206. The van der Waals surface area contributed by atoms with Gasteiger partial charge in [0, 0.05) is 29.7 Å². The Morgan fingerprint density at radius 3 is 2.44 bits per heavy atom. The Morgan fingerprint density at radius 1 is 1.07 bits per heavy atom. The molecular formula is C31H34FN7O2. The van der Waals surface area contributed by atoms with Crippen LogP contribution in [-0.4, -0.2) is 44.9 Å². The number of aliphatic hydroxyl groups excluding tert-OH is 1. The van der Waals surface area contributed by atoms with Crippen molar-refractivity contribution in [3.05, 3.63) is 66.9 Å². The van der Waals surface area contributed by atoms with Gasteiger partial charge < -0.3 is 31.4 Å². The van der Waals surface area contributed by atoms with E-state index in [2.05, 4.69) is 36.7 Å². The number of hydrogen-bond acceptors (Lipinski definition) is 7. The Kier molecular flexibility index (Phi) is 6.39. The summed E-state index contributed by atoms with van der Waals surface area (Å²) in [6.07, 6.45) is 6.19. The fourth-order valence-corrected chi connectivity index (χ4v) is 6.81. The third-order valence-corrected chi connectivity index (χ3v) is 9.26. The van der Waals surface area contributed by atoms with E-state index in [-0.39, 0.29) is 11.7 Å². The zero-order chi connectivity index (χ0) is 28.1. The van der Waals surface area contributed by atoms with Gasteiger partial charge in [-0.15, -0.1) is 0 Å². The fourth-order valence-electron chi connectivity index (χ4n) is 6.81. The third kappa shape index (κ3) is 4.81. The molecule has 6 N–H and O–H groups in total. The minimum atomic E-state index is -1.07. The number of hydrogen-bond donors (Lipinski definition) is 5. The maximum absolute atomic E-state index is 13.2. The molecule has 0 bridgehead atoms. The molecule has 1 saturated heterocycles. The number of benzene rings is 2. The van der Waals surface area contributed by atoms with Gasteiger partial charge >= 0.3 is 0 Å². The molecule has 7 rings (SSSR count). The van der Waals surface area contributed by atoms with Crippen LogP contribution in [0.1, 0.15) is 25.7 Å². The van der Waals surface area contributed by atoms with E-state index in [1.807, 2.05) is 24.3 Å². The lowest BCUT2D eigenvalue weighted by Crippen LogP contribution is -2.39. The lowest BCUT2D eigenvalue weighted by molar-refractivity contribution is -0.124. The Morgan fingerprint density at radius 2 is 1.76 bits per heavy atom. The predicted octanol–water partition coefficient (Wildman–Crippen LogP) is 4.21. The molecule has 1 aliphatic heterocycles. The molecule has 1 amide bonds. The van der Waals surface area contributed by atoms with Gasteiger partial charge in [-0.25, -0.2) is 14.4 Å². The van der Waals surface area contributed by atoms with Crippen molar-refractivity contribution in [2.45, 2.75) is 38.5 Å². The molecule has 2 saturated carbocycles. The Balaban J connectivity index is 1.07. The molecule has 2 aromatic carbocycles. The van der Waals surface area contributed by atoms with Crippen molar-refractivity contribution in [3.8, 4) is 11.1 Å². The van der Waals surface area contributed by atoms with Gasteiger partial charge in [0.15, 0.2) is 0 Å². The van der Waals surface area contributed by atoms with Crippen LogP contribution in [0.3, 0.4) is 0 Å². The van der Waals surface area contributed by atoms with E-state index in [4.69, 9.17) is 5.73 Å². The predicted molar refractivity (Wildman–Crippen MR) is 156 cm³/mol. The molecule has 0 radical (unpaired) electrons. The van der Waals surface area contributed by atoms with Crippen molar-refractivity contribution >= 4 is 34.1 Å². The smallest absolute Gasteiger partial charge is 0.235 e. The number of carbonyl (C=O) groups excluding carboxylic acids is 1. The van der Waals surface area contributed by atoms with Gasteiger partial charge in [-0.1, -0.05) is 12.1 Å². The second kappa shape index (κ2) is 10.1. The zero-order valence-corrected chi connectivity index (χ0v) is 22.7. The summed E-state index contributed by atoms with van der Waals surface area (Å²) in [7, 11) is 0. The first-order chi connectivity index (χ1) is 19.9. The van der Waals surface area contributed by atoms with Gasteiger partial charge in [0.05, 0.1) is 10.8 Å². The molecule has 3 atom stereocenters. The van der Waals surface area contributed by atoms with Crippen LogP contribution in [0.5, 0.6) is 0 Å². The lowest BCUT2D eigenvalue weighted by Gasteiger charge is -2.23. The van der Waals surface area contributed by atoms with E-state index in [0.29, 0.717) is 36.0 Å². The van der Waals surface area contributed by atoms with E-state index in [9.17, 15) is 14.3 Å². The first-order valence-corrected chi connectivity index (χ1v) is 14.3. The van der Waals surface area contributed by atoms with Crippen LogP contribution in [0.25, 0.3) is 22.2 Å². The minimum Gasteiger partial charge on any atom is -0.383 e. The maximum Gasteiger partial charge on any atom is 0.235 e. The summed E-state index contributed by atoms with van der Waals surface area (Å²) < 4.78 is 15.4. The summed E-state index contributed by atoms with van der Waals surface area (Å²) in [4.78, 5) is 21.8. The van der Waals surface area contributed by atoms with E-state index in [1.54, 1.807) is 0 Å². The Bertz CT molecular complexity index is 1570. The first-order valence-electron chi connectivity index (χ1n) is 14.3. The van der Waals surface area contributed by atoms with Crippen molar-refractivity contribution in [1.29, 1.82) is 0 Å². The molecule has 10 heteroatoms. The van der Waals surface area contributed by atoms with Crippen LogP contribution in [0.4, 0.5) is 21.6 Å². The SMILES string of the molecule is Nc1ncnc2c1c(-c1ccc(NC(O)C3(C(=O)Nc4ccc(F)cc4)CC3)cc1)cn2CC1CC2CNCC2C1. The van der Waals surface area contributed by atoms with Crippen molar-refractivity contribution in [1.82, 2.24) is 19.9 Å². The van der Waals surface area contributed by atoms with E-state index in [0.717, 1.165) is 53.6 Å². The van der Waals surface area contributed by atoms with Gasteiger partial charge in [-0.05, 0) is 98.5 Å². The molecule has 212 valence electrons. The number of rotatable bonds is 8. The van der Waals surface area contributed by atoms with Crippen molar-refractivity contribution in [2.75, 3.05) is 29.5 Å². The number of carbonyl (C=O) groups is 1. The number of nitrogen functional groups attached to an aromatic ring is 1. The highest BCUT2D eigenvalue weighted by atomic mass is 19.1. The summed E-state index contributed by atoms with van der Waals surface area (Å²) in [5.74, 6) is 1.97. The summed E-state index contributed by atoms with van der Waals surface area (Å²) >= 11 is 0. The molecule has 41 heavy (non-hydrogen) atoms. The molecule has 3 heterocycles. The van der Waals surface area contributed by atoms with Crippen LogP contribution in [0.15, 0.2) is 61.1 Å². The molecule has 2 aromatic heterocycles. The molecule has 4 aromatic rings. The van der Waals surface area contributed by atoms with Crippen molar-refractivity contribution in [3.63, 3.8) is 0 Å². The fraction of sp³-hybridized carbons (Fsp3) is 0.387. The average molecular weight is 556 g/mol. The van der Waals surface area contributed by atoms with Crippen LogP contribution in [-0.2, 0) is 11.3 Å². The summed E-state index contributed by atoms with van der Waals surface area (Å²) in [5, 5.41) is 21.2. The van der Waals surface area contributed by atoms with E-state index < -0.39 is 11.6 Å². The highest BCUT2D eigenvalue weighted by molar-refractivity contribution is 6.01.